The van der Waals surface area contributed by atoms with Crippen molar-refractivity contribution in [1.29, 1.82) is 0 Å². The Hall–Kier alpha value is -2.02. The lowest BCUT2D eigenvalue weighted by Gasteiger charge is -2.29. The number of pyridine rings is 1. The van der Waals surface area contributed by atoms with Crippen molar-refractivity contribution in [1.82, 2.24) is 15.2 Å². The van der Waals surface area contributed by atoms with Crippen molar-refractivity contribution in [3.63, 3.8) is 0 Å². The summed E-state index contributed by atoms with van der Waals surface area (Å²) in [5.74, 6) is 0.879. The predicted octanol–water partition coefficient (Wildman–Crippen LogP) is 2.37. The largest absolute Gasteiger partial charge is 0.479 e. The Morgan fingerprint density at radius 1 is 1.27 bits per heavy atom. The third-order valence-corrected chi connectivity index (χ3v) is 5.32. The minimum absolute atomic E-state index is 0.00473. The number of carbonyl (C=O) groups excluding carboxylic acids is 1. The summed E-state index contributed by atoms with van der Waals surface area (Å²) in [5, 5.41) is 4.15. The molecule has 6 nitrogen and oxygen atoms in total. The number of fused-ring (bicyclic) bond motifs is 1. The number of rotatable bonds is 2. The number of nitrogen functional groups attached to an aromatic ring is 1. The smallest absolute Gasteiger partial charge is 0.264 e. The van der Waals surface area contributed by atoms with Gasteiger partial charge < -0.3 is 20.7 Å². The van der Waals surface area contributed by atoms with E-state index in [1.54, 1.807) is 18.3 Å². The Labute approximate surface area is 161 Å². The average molecular weight is 393 g/mol. The molecule has 8 heteroatoms. The van der Waals surface area contributed by atoms with Gasteiger partial charge in [0, 0.05) is 60.5 Å². The summed E-state index contributed by atoms with van der Waals surface area (Å²) in [6, 6.07) is 5.38. The zero-order chi connectivity index (χ0) is 18.3. The van der Waals surface area contributed by atoms with E-state index in [2.05, 4.69) is 10.3 Å². The highest BCUT2D eigenvalue weighted by Crippen LogP contribution is 2.44. The SMILES string of the molecule is Nc1nccc(-c2cc(Cl)cc3c2O[C@@H](C(=O)N2CCNCC2)C3)c1Cl. The molecule has 1 aromatic carbocycles. The lowest BCUT2D eigenvalue weighted by atomic mass is 10.0. The van der Waals surface area contributed by atoms with Crippen LogP contribution in [0, 0.1) is 0 Å². The fourth-order valence-electron chi connectivity index (χ4n) is 3.42. The molecule has 26 heavy (non-hydrogen) atoms. The number of ether oxygens (including phenoxy) is 1. The van der Waals surface area contributed by atoms with Gasteiger partial charge >= 0.3 is 0 Å². The number of anilines is 1. The second-order valence-electron chi connectivity index (χ2n) is 6.39. The topological polar surface area (TPSA) is 80.5 Å². The van der Waals surface area contributed by atoms with Crippen LogP contribution in [0.1, 0.15) is 5.56 Å². The molecule has 136 valence electrons. The van der Waals surface area contributed by atoms with Crippen LogP contribution in [0.25, 0.3) is 11.1 Å². The molecule has 3 N–H and O–H groups in total. The second kappa shape index (κ2) is 6.95. The van der Waals surface area contributed by atoms with Gasteiger partial charge in [-0.25, -0.2) is 4.98 Å². The molecule has 1 atom stereocenters. The van der Waals surface area contributed by atoms with Gasteiger partial charge in [0.05, 0.1) is 5.02 Å². The third kappa shape index (κ3) is 3.09. The van der Waals surface area contributed by atoms with Crippen molar-refractivity contribution in [3.8, 4) is 16.9 Å². The van der Waals surface area contributed by atoms with Gasteiger partial charge in [-0.2, -0.15) is 0 Å². The van der Waals surface area contributed by atoms with Crippen LogP contribution in [-0.4, -0.2) is 48.1 Å². The van der Waals surface area contributed by atoms with Crippen molar-refractivity contribution in [3.05, 3.63) is 40.0 Å². The standard InChI is InChI=1S/C18H18Cl2N4O2/c19-11-7-10-8-14(18(25)24-5-3-22-4-6-24)26-16(10)13(9-11)12-1-2-23-17(21)15(12)20/h1-2,7,9,14,22H,3-6,8H2,(H2,21,23)/t14-/m1/s1. The fourth-order valence-corrected chi connectivity index (χ4v) is 3.87. The molecular formula is C18H18Cl2N4O2. The highest BCUT2D eigenvalue weighted by molar-refractivity contribution is 6.36. The maximum atomic E-state index is 12.8. The van der Waals surface area contributed by atoms with Crippen LogP contribution in [0.2, 0.25) is 10.0 Å². The molecule has 1 saturated heterocycles. The zero-order valence-electron chi connectivity index (χ0n) is 14.0. The van der Waals surface area contributed by atoms with E-state index in [1.807, 2.05) is 11.0 Å². The van der Waals surface area contributed by atoms with Crippen molar-refractivity contribution < 1.29 is 9.53 Å². The molecule has 3 heterocycles. The van der Waals surface area contributed by atoms with Crippen molar-refractivity contribution >= 4 is 34.9 Å². The number of carbonyl (C=O) groups is 1. The van der Waals surface area contributed by atoms with Gasteiger partial charge in [0.2, 0.25) is 0 Å². The highest BCUT2D eigenvalue weighted by Gasteiger charge is 2.35. The number of aromatic nitrogens is 1. The van der Waals surface area contributed by atoms with Crippen LogP contribution in [-0.2, 0) is 11.2 Å². The molecular weight excluding hydrogens is 375 g/mol. The Morgan fingerprint density at radius 3 is 2.81 bits per heavy atom. The molecule has 1 fully saturated rings. The minimum atomic E-state index is -0.543. The number of nitrogens with zero attached hydrogens (tertiary/aromatic N) is 2. The molecule has 4 rings (SSSR count). The number of benzene rings is 1. The van der Waals surface area contributed by atoms with Gasteiger partial charge in [0.25, 0.3) is 5.91 Å². The van der Waals surface area contributed by atoms with Crippen molar-refractivity contribution in [2.75, 3.05) is 31.9 Å². The first-order valence-corrected chi connectivity index (χ1v) is 9.19. The van der Waals surface area contributed by atoms with Crippen molar-refractivity contribution in [2.24, 2.45) is 0 Å². The summed E-state index contributed by atoms with van der Waals surface area (Å²) in [6.07, 6.45) is 1.53. The Bertz CT molecular complexity index is 869. The van der Waals surface area contributed by atoms with Crippen molar-refractivity contribution in [2.45, 2.75) is 12.5 Å². The monoisotopic (exact) mass is 392 g/mol. The minimum Gasteiger partial charge on any atom is -0.479 e. The van der Waals surface area contributed by atoms with Gasteiger partial charge in [0.1, 0.15) is 11.6 Å². The van der Waals surface area contributed by atoms with Crippen LogP contribution >= 0.6 is 23.2 Å². The maximum absolute atomic E-state index is 12.8. The van der Waals surface area contributed by atoms with Crippen LogP contribution in [0.15, 0.2) is 24.4 Å². The zero-order valence-corrected chi connectivity index (χ0v) is 15.5. The Balaban J connectivity index is 1.68. The first-order valence-electron chi connectivity index (χ1n) is 8.43. The maximum Gasteiger partial charge on any atom is 0.264 e. The Morgan fingerprint density at radius 2 is 2.04 bits per heavy atom. The van der Waals surface area contributed by atoms with Crippen LogP contribution in [0.4, 0.5) is 5.82 Å². The third-order valence-electron chi connectivity index (χ3n) is 4.71. The van der Waals surface area contributed by atoms with E-state index in [1.165, 1.54) is 0 Å². The van der Waals surface area contributed by atoms with E-state index in [0.29, 0.717) is 40.9 Å². The number of nitrogens with one attached hydrogen (secondary N) is 1. The van der Waals surface area contributed by atoms with Gasteiger partial charge in [0.15, 0.2) is 6.10 Å². The average Bonchev–Trinajstić information content (AvgIpc) is 3.07. The van der Waals surface area contributed by atoms with Gasteiger partial charge in [-0.3, -0.25) is 4.79 Å². The molecule has 2 aliphatic heterocycles. The summed E-state index contributed by atoms with van der Waals surface area (Å²) < 4.78 is 6.07. The normalized spacial score (nSPS) is 19.2. The molecule has 0 saturated carbocycles. The van der Waals surface area contributed by atoms with E-state index in [9.17, 15) is 4.79 Å². The lowest BCUT2D eigenvalue weighted by Crippen LogP contribution is -2.50. The number of amides is 1. The number of nitrogens with two attached hydrogens (primary N) is 1. The summed E-state index contributed by atoms with van der Waals surface area (Å²) >= 11 is 12.6. The number of hydrogen-bond donors (Lipinski definition) is 2. The fraction of sp³-hybridized carbons (Fsp3) is 0.333. The molecule has 0 unspecified atom stereocenters. The van der Waals surface area contributed by atoms with E-state index >= 15 is 0 Å². The molecule has 1 amide bonds. The van der Waals surface area contributed by atoms with Gasteiger partial charge in [-0.15, -0.1) is 0 Å². The number of halogens is 2. The highest BCUT2D eigenvalue weighted by atomic mass is 35.5. The van der Waals surface area contributed by atoms with E-state index in [0.717, 1.165) is 24.2 Å². The Kier molecular flexibility index (Phi) is 4.65. The molecule has 0 aliphatic carbocycles. The van der Waals surface area contributed by atoms with Gasteiger partial charge in [-0.1, -0.05) is 23.2 Å². The summed E-state index contributed by atoms with van der Waals surface area (Å²) in [7, 11) is 0. The molecule has 0 bridgehead atoms. The second-order valence-corrected chi connectivity index (χ2v) is 7.20. The van der Waals surface area contributed by atoms with E-state index in [4.69, 9.17) is 33.7 Å². The summed E-state index contributed by atoms with van der Waals surface area (Å²) in [4.78, 5) is 18.6. The summed E-state index contributed by atoms with van der Waals surface area (Å²) in [6.45, 7) is 2.98. The molecule has 2 aromatic rings. The first-order chi connectivity index (χ1) is 12.5. The first kappa shape index (κ1) is 17.4. The quantitative estimate of drug-likeness (QED) is 0.819. The van der Waals surface area contributed by atoms with Crippen LogP contribution in [0.5, 0.6) is 5.75 Å². The van der Waals surface area contributed by atoms with Gasteiger partial charge in [-0.05, 0) is 18.2 Å². The lowest BCUT2D eigenvalue weighted by molar-refractivity contribution is -0.138. The molecule has 0 radical (unpaired) electrons. The predicted molar refractivity (Wildman–Crippen MR) is 102 cm³/mol. The molecule has 0 spiro atoms. The van der Waals surface area contributed by atoms with Crippen LogP contribution < -0.4 is 15.8 Å². The van der Waals surface area contributed by atoms with Crippen LogP contribution in [0.3, 0.4) is 0 Å². The molecule has 1 aromatic heterocycles. The number of piperazine rings is 1. The number of hydrogen-bond acceptors (Lipinski definition) is 5. The molecule has 2 aliphatic rings. The van der Waals surface area contributed by atoms with E-state index in [-0.39, 0.29) is 11.7 Å². The summed E-state index contributed by atoms with van der Waals surface area (Å²) in [5.41, 5.74) is 8.14. The van der Waals surface area contributed by atoms with E-state index < -0.39 is 6.10 Å².